The number of benzene rings is 3. The summed E-state index contributed by atoms with van der Waals surface area (Å²) in [6, 6.07) is 23.2. The van der Waals surface area contributed by atoms with Gasteiger partial charge in [-0.05, 0) is 47.9 Å². The number of aliphatic hydroxyl groups excluding tert-OH is 1. The minimum absolute atomic E-state index is 0.0447. The SMILES string of the molecule is COc1ccc(OC)c(C(O)CNC(=O)Cc2c(C)nc3ccccc3c2-c2ccccc2)c1. The lowest BCUT2D eigenvalue weighted by atomic mass is 9.92. The third kappa shape index (κ3) is 4.87. The third-order valence-electron chi connectivity index (χ3n) is 5.89. The van der Waals surface area contributed by atoms with Crippen molar-refractivity contribution in [2.45, 2.75) is 19.4 Å². The molecule has 4 aromatic rings. The number of carbonyl (C=O) groups is 1. The number of aromatic nitrogens is 1. The van der Waals surface area contributed by atoms with E-state index in [0.717, 1.165) is 33.3 Å². The fourth-order valence-corrected chi connectivity index (χ4v) is 4.17. The van der Waals surface area contributed by atoms with Crippen molar-refractivity contribution in [3.8, 4) is 22.6 Å². The molecule has 6 nitrogen and oxygen atoms in total. The number of amides is 1. The zero-order valence-corrected chi connectivity index (χ0v) is 19.5. The number of rotatable bonds is 8. The van der Waals surface area contributed by atoms with Crippen LogP contribution in [0.3, 0.4) is 0 Å². The van der Waals surface area contributed by atoms with Crippen molar-refractivity contribution >= 4 is 16.8 Å². The van der Waals surface area contributed by atoms with Crippen LogP contribution in [0.2, 0.25) is 0 Å². The lowest BCUT2D eigenvalue weighted by Gasteiger charge is -2.18. The largest absolute Gasteiger partial charge is 0.497 e. The van der Waals surface area contributed by atoms with Crippen molar-refractivity contribution in [2.75, 3.05) is 20.8 Å². The molecule has 1 atom stereocenters. The summed E-state index contributed by atoms with van der Waals surface area (Å²) in [7, 11) is 3.10. The van der Waals surface area contributed by atoms with Crippen molar-refractivity contribution in [1.29, 1.82) is 0 Å². The van der Waals surface area contributed by atoms with Gasteiger partial charge in [0.1, 0.15) is 11.5 Å². The Morgan fingerprint density at radius 1 is 1.00 bits per heavy atom. The first-order valence-electron chi connectivity index (χ1n) is 11.1. The number of methoxy groups -OCH3 is 2. The van der Waals surface area contributed by atoms with E-state index in [9.17, 15) is 9.90 Å². The van der Waals surface area contributed by atoms with Crippen LogP contribution in [-0.4, -0.2) is 36.8 Å². The lowest BCUT2D eigenvalue weighted by molar-refractivity contribution is -0.120. The molecular formula is C28H28N2O4. The molecule has 1 unspecified atom stereocenters. The molecule has 6 heteroatoms. The Balaban J connectivity index is 1.59. The second kappa shape index (κ2) is 10.4. The first-order valence-corrected chi connectivity index (χ1v) is 11.1. The van der Waals surface area contributed by atoms with Gasteiger partial charge in [0, 0.05) is 23.2 Å². The van der Waals surface area contributed by atoms with Crippen LogP contribution in [-0.2, 0) is 11.2 Å². The van der Waals surface area contributed by atoms with Crippen LogP contribution in [0.15, 0.2) is 72.8 Å². The standard InChI is InChI=1S/C28H28N2O4/c1-18-22(28(19-9-5-4-6-10-19)21-11-7-8-12-24(21)30-18)16-27(32)29-17-25(31)23-15-20(33-2)13-14-26(23)34-3/h4-15,25,31H,16-17H2,1-3H3,(H,29,32). The van der Waals surface area contributed by atoms with Gasteiger partial charge in [0.05, 0.1) is 32.3 Å². The molecule has 0 radical (unpaired) electrons. The molecule has 0 saturated carbocycles. The number of fused-ring (bicyclic) bond motifs is 1. The number of ether oxygens (including phenoxy) is 2. The van der Waals surface area contributed by atoms with Crippen molar-refractivity contribution < 1.29 is 19.4 Å². The van der Waals surface area contributed by atoms with Crippen LogP contribution in [0.25, 0.3) is 22.0 Å². The van der Waals surface area contributed by atoms with Crippen LogP contribution >= 0.6 is 0 Å². The highest BCUT2D eigenvalue weighted by atomic mass is 16.5. The molecule has 0 spiro atoms. The fourth-order valence-electron chi connectivity index (χ4n) is 4.17. The van der Waals surface area contributed by atoms with Crippen LogP contribution in [0.4, 0.5) is 0 Å². The Morgan fingerprint density at radius 2 is 1.74 bits per heavy atom. The molecule has 0 fully saturated rings. The van der Waals surface area contributed by atoms with E-state index >= 15 is 0 Å². The molecule has 34 heavy (non-hydrogen) atoms. The van der Waals surface area contributed by atoms with Crippen molar-refractivity contribution in [2.24, 2.45) is 0 Å². The number of hydrogen-bond acceptors (Lipinski definition) is 5. The maximum Gasteiger partial charge on any atom is 0.224 e. The van der Waals surface area contributed by atoms with Crippen LogP contribution in [0, 0.1) is 6.92 Å². The van der Waals surface area contributed by atoms with Gasteiger partial charge in [0.25, 0.3) is 0 Å². The quantitative estimate of drug-likeness (QED) is 0.404. The number of aryl methyl sites for hydroxylation is 1. The molecule has 4 rings (SSSR count). The van der Waals surface area contributed by atoms with Gasteiger partial charge in [-0.15, -0.1) is 0 Å². The molecule has 3 aromatic carbocycles. The molecule has 0 aliphatic heterocycles. The normalized spacial score (nSPS) is 11.8. The molecule has 0 saturated heterocycles. The average Bonchev–Trinajstić information content (AvgIpc) is 2.87. The molecule has 0 aliphatic carbocycles. The molecule has 2 N–H and O–H groups in total. The van der Waals surface area contributed by atoms with Gasteiger partial charge >= 0.3 is 0 Å². The summed E-state index contributed by atoms with van der Waals surface area (Å²) in [5, 5.41) is 14.6. The summed E-state index contributed by atoms with van der Waals surface area (Å²) >= 11 is 0. The minimum Gasteiger partial charge on any atom is -0.497 e. The Hall–Kier alpha value is -3.90. The van der Waals surface area contributed by atoms with Gasteiger partial charge in [-0.3, -0.25) is 9.78 Å². The minimum atomic E-state index is -0.946. The summed E-state index contributed by atoms with van der Waals surface area (Å²) in [5.41, 5.74) is 5.17. The van der Waals surface area contributed by atoms with Gasteiger partial charge in [0.15, 0.2) is 0 Å². The number of nitrogens with zero attached hydrogens (tertiary/aromatic N) is 1. The second-order valence-corrected chi connectivity index (χ2v) is 8.04. The predicted molar refractivity (Wildman–Crippen MR) is 133 cm³/mol. The zero-order chi connectivity index (χ0) is 24.1. The highest BCUT2D eigenvalue weighted by Gasteiger charge is 2.19. The number of para-hydroxylation sites is 1. The Kier molecular flexibility index (Phi) is 7.09. The highest BCUT2D eigenvalue weighted by Crippen LogP contribution is 2.33. The summed E-state index contributed by atoms with van der Waals surface area (Å²) < 4.78 is 10.6. The molecular weight excluding hydrogens is 428 g/mol. The first kappa shape index (κ1) is 23.3. The molecule has 1 amide bonds. The van der Waals surface area contributed by atoms with Crippen LogP contribution in [0.5, 0.6) is 11.5 Å². The molecule has 174 valence electrons. The van der Waals surface area contributed by atoms with Gasteiger partial charge in [-0.1, -0.05) is 48.5 Å². The molecule has 1 heterocycles. The first-order chi connectivity index (χ1) is 16.5. The van der Waals surface area contributed by atoms with E-state index in [0.29, 0.717) is 17.1 Å². The lowest BCUT2D eigenvalue weighted by Crippen LogP contribution is -2.30. The smallest absolute Gasteiger partial charge is 0.224 e. The van der Waals surface area contributed by atoms with E-state index < -0.39 is 6.10 Å². The number of carbonyl (C=O) groups excluding carboxylic acids is 1. The topological polar surface area (TPSA) is 80.7 Å². The van der Waals surface area contributed by atoms with E-state index in [2.05, 4.69) is 5.32 Å². The van der Waals surface area contributed by atoms with Gasteiger partial charge in [-0.2, -0.15) is 0 Å². The highest BCUT2D eigenvalue weighted by molar-refractivity contribution is 5.98. The summed E-state index contributed by atoms with van der Waals surface area (Å²) in [6.45, 7) is 1.97. The Labute approximate surface area is 199 Å². The Bertz CT molecular complexity index is 1300. The van der Waals surface area contributed by atoms with Gasteiger partial charge in [-0.25, -0.2) is 0 Å². The maximum absolute atomic E-state index is 13.0. The van der Waals surface area contributed by atoms with Crippen molar-refractivity contribution in [3.05, 3.63) is 89.6 Å². The average molecular weight is 457 g/mol. The maximum atomic E-state index is 13.0. The summed E-state index contributed by atoms with van der Waals surface area (Å²) in [6.07, 6.45) is -0.797. The van der Waals surface area contributed by atoms with E-state index in [1.165, 1.54) is 7.11 Å². The summed E-state index contributed by atoms with van der Waals surface area (Å²) in [4.78, 5) is 17.7. The van der Waals surface area contributed by atoms with E-state index in [1.807, 2.05) is 61.5 Å². The monoisotopic (exact) mass is 456 g/mol. The van der Waals surface area contributed by atoms with E-state index in [-0.39, 0.29) is 18.9 Å². The predicted octanol–water partition coefficient (Wildman–Crippen LogP) is 4.62. The van der Waals surface area contributed by atoms with Crippen LogP contribution in [0.1, 0.15) is 22.9 Å². The molecule has 0 aliphatic rings. The van der Waals surface area contributed by atoms with Crippen LogP contribution < -0.4 is 14.8 Å². The summed E-state index contributed by atoms with van der Waals surface area (Å²) in [5.74, 6) is 0.938. The van der Waals surface area contributed by atoms with Crippen molar-refractivity contribution in [3.63, 3.8) is 0 Å². The number of nitrogens with one attached hydrogen (secondary N) is 1. The molecule has 1 aromatic heterocycles. The van der Waals surface area contributed by atoms with Crippen molar-refractivity contribution in [1.82, 2.24) is 10.3 Å². The van der Waals surface area contributed by atoms with Gasteiger partial charge < -0.3 is 19.9 Å². The number of hydrogen-bond donors (Lipinski definition) is 2. The zero-order valence-electron chi connectivity index (χ0n) is 19.5. The second-order valence-electron chi connectivity index (χ2n) is 8.04. The Morgan fingerprint density at radius 3 is 2.47 bits per heavy atom. The van der Waals surface area contributed by atoms with E-state index in [1.54, 1.807) is 25.3 Å². The number of aliphatic hydroxyl groups is 1. The number of pyridine rings is 1. The molecule has 0 bridgehead atoms. The van der Waals surface area contributed by atoms with Gasteiger partial charge in [0.2, 0.25) is 5.91 Å². The van der Waals surface area contributed by atoms with E-state index in [4.69, 9.17) is 14.5 Å². The third-order valence-corrected chi connectivity index (χ3v) is 5.89. The fraction of sp³-hybridized carbons (Fsp3) is 0.214.